The zero-order valence-electron chi connectivity index (χ0n) is 18.7. The number of hydrogen-bond donors (Lipinski definition) is 2. The van der Waals surface area contributed by atoms with Gasteiger partial charge in [-0.3, -0.25) is 9.59 Å². The number of amides is 1. The van der Waals surface area contributed by atoms with Gasteiger partial charge >= 0.3 is 0 Å². The molecule has 3 rings (SSSR count). The molecule has 0 aliphatic heterocycles. The molecule has 33 heavy (non-hydrogen) atoms. The monoisotopic (exact) mass is 470 g/mol. The Balaban J connectivity index is 1.75. The molecule has 0 spiro atoms. The van der Waals surface area contributed by atoms with Crippen LogP contribution in [0.3, 0.4) is 0 Å². The number of ether oxygens (including phenoxy) is 1. The van der Waals surface area contributed by atoms with Crippen LogP contribution in [0, 0.1) is 0 Å². The van der Waals surface area contributed by atoms with E-state index in [9.17, 15) is 18.0 Å². The van der Waals surface area contributed by atoms with Crippen LogP contribution in [0.25, 0.3) is 0 Å². The van der Waals surface area contributed by atoms with Gasteiger partial charge in [-0.25, -0.2) is 13.4 Å². The molecule has 0 aliphatic carbocycles. The highest BCUT2D eigenvalue weighted by molar-refractivity contribution is 7.89. The number of aromatic nitrogens is 2. The van der Waals surface area contributed by atoms with Gasteiger partial charge in [0.15, 0.2) is 0 Å². The quantitative estimate of drug-likeness (QED) is 0.496. The Morgan fingerprint density at radius 1 is 1.06 bits per heavy atom. The molecular weight excluding hydrogens is 444 g/mol. The van der Waals surface area contributed by atoms with Crippen LogP contribution >= 0.6 is 0 Å². The molecule has 0 saturated heterocycles. The number of H-pyrrole nitrogens is 1. The van der Waals surface area contributed by atoms with Gasteiger partial charge in [-0.2, -0.15) is 4.31 Å². The fraction of sp³-hybridized carbons (Fsp3) is 0.261. The highest BCUT2D eigenvalue weighted by Crippen LogP contribution is 2.19. The summed E-state index contributed by atoms with van der Waals surface area (Å²) in [4.78, 5) is 31.8. The molecule has 0 saturated carbocycles. The van der Waals surface area contributed by atoms with E-state index in [0.717, 1.165) is 11.6 Å². The number of benzene rings is 2. The van der Waals surface area contributed by atoms with Gasteiger partial charge < -0.3 is 15.0 Å². The summed E-state index contributed by atoms with van der Waals surface area (Å²) in [6.07, 6.45) is 0.332. The number of nitrogens with zero attached hydrogens (tertiary/aromatic N) is 2. The lowest BCUT2D eigenvalue weighted by Crippen LogP contribution is -2.30. The minimum Gasteiger partial charge on any atom is -0.497 e. The van der Waals surface area contributed by atoms with Crippen molar-refractivity contribution in [3.63, 3.8) is 0 Å². The van der Waals surface area contributed by atoms with E-state index in [2.05, 4.69) is 15.3 Å². The number of methoxy groups -OCH3 is 1. The molecule has 0 radical (unpaired) electrons. The Morgan fingerprint density at radius 2 is 1.70 bits per heavy atom. The molecule has 174 valence electrons. The third kappa shape index (κ3) is 5.85. The predicted molar refractivity (Wildman–Crippen MR) is 125 cm³/mol. The summed E-state index contributed by atoms with van der Waals surface area (Å²) in [7, 11) is -2.01. The number of sulfonamides is 1. The molecule has 0 aliphatic rings. The Kier molecular flexibility index (Phi) is 7.62. The standard InChI is InChI=1S/C23H26N4O5S/c1-4-27(5-2)33(30,31)19-12-8-17(9-13-19)24-23(29)20-15-22(28)26-21(25-20)14-16-6-10-18(32-3)11-7-16/h6-13,15H,4-5,14H2,1-3H3,(H,24,29)(H,25,26,28). The SMILES string of the molecule is CCN(CC)S(=O)(=O)c1ccc(NC(=O)c2cc(=O)[nH]c(Cc3ccc(OC)cc3)n2)cc1. The zero-order valence-corrected chi connectivity index (χ0v) is 19.5. The summed E-state index contributed by atoms with van der Waals surface area (Å²) in [6.45, 7) is 4.27. The van der Waals surface area contributed by atoms with Gasteiger partial charge in [-0.1, -0.05) is 26.0 Å². The highest BCUT2D eigenvalue weighted by Gasteiger charge is 2.21. The molecule has 1 aromatic heterocycles. The molecule has 0 unspecified atom stereocenters. The first-order valence-electron chi connectivity index (χ1n) is 10.4. The molecule has 0 atom stereocenters. The average Bonchev–Trinajstić information content (AvgIpc) is 2.80. The van der Waals surface area contributed by atoms with Crippen molar-refractivity contribution >= 4 is 21.6 Å². The Labute approximate surface area is 192 Å². The van der Waals surface area contributed by atoms with E-state index in [1.807, 2.05) is 12.1 Å². The fourth-order valence-corrected chi connectivity index (χ4v) is 4.72. The van der Waals surface area contributed by atoms with Crippen LogP contribution in [-0.2, 0) is 16.4 Å². The summed E-state index contributed by atoms with van der Waals surface area (Å²) >= 11 is 0. The van der Waals surface area contributed by atoms with Crippen molar-refractivity contribution in [1.29, 1.82) is 0 Å². The van der Waals surface area contributed by atoms with Crippen molar-refractivity contribution in [2.75, 3.05) is 25.5 Å². The summed E-state index contributed by atoms with van der Waals surface area (Å²) in [6, 6.07) is 14.3. The van der Waals surface area contributed by atoms with Gasteiger partial charge in [0, 0.05) is 31.3 Å². The molecule has 1 heterocycles. The number of carbonyl (C=O) groups excluding carboxylic acids is 1. The summed E-state index contributed by atoms with van der Waals surface area (Å²) in [5, 5.41) is 2.65. The van der Waals surface area contributed by atoms with Crippen LogP contribution in [0.2, 0.25) is 0 Å². The van der Waals surface area contributed by atoms with E-state index in [1.54, 1.807) is 33.1 Å². The van der Waals surface area contributed by atoms with Crippen molar-refractivity contribution in [3.8, 4) is 5.75 Å². The van der Waals surface area contributed by atoms with Gasteiger partial charge in [-0.15, -0.1) is 0 Å². The first-order valence-corrected chi connectivity index (χ1v) is 11.9. The van der Waals surface area contributed by atoms with Crippen LogP contribution in [-0.4, -0.2) is 48.8 Å². The molecule has 0 fully saturated rings. The van der Waals surface area contributed by atoms with Crippen LogP contribution in [0.5, 0.6) is 5.75 Å². The molecule has 0 bridgehead atoms. The first kappa shape index (κ1) is 24.1. The van der Waals surface area contributed by atoms with Gasteiger partial charge in [0.05, 0.1) is 12.0 Å². The summed E-state index contributed by atoms with van der Waals surface area (Å²) < 4.78 is 31.7. The van der Waals surface area contributed by atoms with E-state index >= 15 is 0 Å². The second-order valence-corrected chi connectivity index (χ2v) is 9.11. The van der Waals surface area contributed by atoms with E-state index in [0.29, 0.717) is 36.8 Å². The Hall–Kier alpha value is -3.50. The second kappa shape index (κ2) is 10.4. The zero-order chi connectivity index (χ0) is 24.0. The molecule has 1 amide bonds. The van der Waals surface area contributed by atoms with Crippen molar-refractivity contribution in [2.45, 2.75) is 25.2 Å². The van der Waals surface area contributed by atoms with Crippen molar-refractivity contribution in [1.82, 2.24) is 14.3 Å². The number of aromatic amines is 1. The fourth-order valence-electron chi connectivity index (χ4n) is 3.26. The molecule has 2 N–H and O–H groups in total. The molecular formula is C23H26N4O5S. The first-order chi connectivity index (χ1) is 15.8. The van der Waals surface area contributed by atoms with Crippen LogP contribution in [0.15, 0.2) is 64.3 Å². The molecule has 9 nitrogen and oxygen atoms in total. The number of anilines is 1. The lowest BCUT2D eigenvalue weighted by Gasteiger charge is -2.18. The predicted octanol–water partition coefficient (Wildman–Crippen LogP) is 2.65. The van der Waals surface area contributed by atoms with Gasteiger partial charge in [0.2, 0.25) is 10.0 Å². The van der Waals surface area contributed by atoms with Crippen LogP contribution < -0.4 is 15.6 Å². The molecule has 10 heteroatoms. The number of rotatable bonds is 9. The van der Waals surface area contributed by atoms with E-state index < -0.39 is 21.5 Å². The highest BCUT2D eigenvalue weighted by atomic mass is 32.2. The third-order valence-electron chi connectivity index (χ3n) is 5.01. The number of carbonyl (C=O) groups is 1. The van der Waals surface area contributed by atoms with Gasteiger partial charge in [-0.05, 0) is 42.0 Å². The Bertz CT molecular complexity index is 1270. The van der Waals surface area contributed by atoms with E-state index in [-0.39, 0.29) is 10.6 Å². The third-order valence-corrected chi connectivity index (χ3v) is 7.07. The van der Waals surface area contributed by atoms with Crippen molar-refractivity contribution in [3.05, 3.63) is 82.0 Å². The Morgan fingerprint density at radius 3 is 2.27 bits per heavy atom. The topological polar surface area (TPSA) is 121 Å². The normalized spacial score (nSPS) is 11.4. The largest absolute Gasteiger partial charge is 0.497 e. The van der Waals surface area contributed by atoms with Crippen molar-refractivity contribution < 1.29 is 17.9 Å². The average molecular weight is 471 g/mol. The lowest BCUT2D eigenvalue weighted by atomic mass is 10.1. The molecule has 2 aromatic carbocycles. The minimum absolute atomic E-state index is 0.0397. The van der Waals surface area contributed by atoms with Gasteiger partial charge in [0.25, 0.3) is 11.5 Å². The van der Waals surface area contributed by atoms with Gasteiger partial charge in [0.1, 0.15) is 17.3 Å². The maximum Gasteiger partial charge on any atom is 0.274 e. The second-order valence-electron chi connectivity index (χ2n) is 7.17. The maximum atomic E-state index is 12.7. The minimum atomic E-state index is -3.59. The lowest BCUT2D eigenvalue weighted by molar-refractivity contribution is 0.102. The summed E-state index contributed by atoms with van der Waals surface area (Å²) in [5.41, 5.74) is 0.792. The maximum absolute atomic E-state index is 12.7. The van der Waals surface area contributed by atoms with Crippen LogP contribution in [0.1, 0.15) is 35.7 Å². The van der Waals surface area contributed by atoms with Crippen LogP contribution in [0.4, 0.5) is 5.69 Å². The summed E-state index contributed by atoms with van der Waals surface area (Å²) in [5.74, 6) is 0.485. The number of nitrogens with one attached hydrogen (secondary N) is 2. The van der Waals surface area contributed by atoms with E-state index in [1.165, 1.54) is 28.6 Å². The van der Waals surface area contributed by atoms with E-state index in [4.69, 9.17) is 4.74 Å². The smallest absolute Gasteiger partial charge is 0.274 e. The van der Waals surface area contributed by atoms with Crippen molar-refractivity contribution in [2.24, 2.45) is 0 Å². The number of hydrogen-bond acceptors (Lipinski definition) is 6. The molecule has 3 aromatic rings.